The van der Waals surface area contributed by atoms with Gasteiger partial charge >= 0.3 is 5.97 Å². The Morgan fingerprint density at radius 1 is 0.825 bits per heavy atom. The van der Waals surface area contributed by atoms with Gasteiger partial charge in [0.15, 0.2) is 5.78 Å². The predicted molar refractivity (Wildman–Crippen MR) is 158 cm³/mol. The molecule has 0 amide bonds. The molecule has 4 aromatic carbocycles. The lowest BCUT2D eigenvalue weighted by molar-refractivity contribution is -0.137. The van der Waals surface area contributed by atoms with E-state index in [1.165, 1.54) is 0 Å². The van der Waals surface area contributed by atoms with Crippen molar-refractivity contribution in [1.29, 1.82) is 0 Å². The van der Waals surface area contributed by atoms with Crippen LogP contribution in [-0.4, -0.2) is 34.5 Å². The van der Waals surface area contributed by atoms with Crippen LogP contribution in [0.25, 0.3) is 17.0 Å². The lowest BCUT2D eigenvalue weighted by Crippen LogP contribution is -2.32. The second-order valence-corrected chi connectivity index (χ2v) is 9.27. The number of hydrogen-bond acceptors (Lipinski definition) is 5. The van der Waals surface area contributed by atoms with Crippen LogP contribution in [0, 0.1) is 0 Å². The van der Waals surface area contributed by atoms with Gasteiger partial charge in [-0.05, 0) is 54.1 Å². The van der Waals surface area contributed by atoms with Crippen molar-refractivity contribution in [3.63, 3.8) is 0 Å². The summed E-state index contributed by atoms with van der Waals surface area (Å²) in [6.45, 7) is 0.374. The summed E-state index contributed by atoms with van der Waals surface area (Å²) in [6, 6.07) is 34.3. The van der Waals surface area contributed by atoms with Crippen LogP contribution in [-0.2, 0) is 11.2 Å². The van der Waals surface area contributed by atoms with E-state index in [4.69, 9.17) is 4.74 Å². The first-order chi connectivity index (χ1) is 19.6. The van der Waals surface area contributed by atoms with E-state index in [0.717, 1.165) is 22.2 Å². The molecule has 0 saturated heterocycles. The maximum absolute atomic E-state index is 13.0. The summed E-state index contributed by atoms with van der Waals surface area (Å²) >= 11 is 0. The number of benzene rings is 4. The third-order valence-electron chi connectivity index (χ3n) is 6.45. The van der Waals surface area contributed by atoms with Crippen LogP contribution < -0.4 is 10.1 Å². The van der Waals surface area contributed by atoms with Gasteiger partial charge in [-0.15, -0.1) is 0 Å². The molecule has 2 N–H and O–H groups in total. The van der Waals surface area contributed by atoms with E-state index < -0.39 is 12.0 Å². The van der Waals surface area contributed by atoms with Gasteiger partial charge in [0, 0.05) is 28.6 Å². The lowest BCUT2D eigenvalue weighted by atomic mass is 10.00. The molecule has 0 aliphatic heterocycles. The van der Waals surface area contributed by atoms with Crippen molar-refractivity contribution >= 4 is 34.4 Å². The number of rotatable bonds is 11. The van der Waals surface area contributed by atoms with E-state index in [1.807, 2.05) is 78.9 Å². The summed E-state index contributed by atoms with van der Waals surface area (Å²) in [7, 11) is 0. The topological polar surface area (TPSA) is 88.5 Å². The molecule has 6 heteroatoms. The minimum absolute atomic E-state index is 0.167. The number of pyridine rings is 1. The first-order valence-electron chi connectivity index (χ1n) is 13.0. The Morgan fingerprint density at radius 3 is 2.35 bits per heavy atom. The summed E-state index contributed by atoms with van der Waals surface area (Å²) in [5.41, 5.74) is 4.09. The maximum atomic E-state index is 13.0. The molecule has 1 aromatic heterocycles. The molecule has 5 aromatic rings. The Balaban J connectivity index is 1.20. The minimum atomic E-state index is -1.00. The quantitative estimate of drug-likeness (QED) is 0.186. The Kier molecular flexibility index (Phi) is 8.27. The normalized spacial score (nSPS) is 11.8. The van der Waals surface area contributed by atoms with Crippen LogP contribution in [0.3, 0.4) is 0 Å². The number of carbonyl (C=O) groups is 2. The first kappa shape index (κ1) is 26.4. The standard InChI is InChI=1S/C34H28N2O4/c37-33(26-10-2-1-3-11-26)29-13-5-7-15-31(29)36-32(34(38)39)23-24-16-20-28(21-17-24)40-22-8-12-27-19-18-25-9-4-6-14-30(25)35-27/h1-21,32,36H,22-23H2,(H,38,39). The van der Waals surface area contributed by atoms with Crippen LogP contribution >= 0.6 is 0 Å². The molecule has 0 aliphatic rings. The van der Waals surface area contributed by atoms with Crippen LogP contribution in [0.4, 0.5) is 5.69 Å². The zero-order valence-corrected chi connectivity index (χ0v) is 21.7. The number of aromatic nitrogens is 1. The number of carboxylic acid groups (broad SMARTS) is 1. The highest BCUT2D eigenvalue weighted by Crippen LogP contribution is 2.22. The van der Waals surface area contributed by atoms with Gasteiger partial charge in [-0.3, -0.25) is 4.79 Å². The first-order valence-corrected chi connectivity index (χ1v) is 13.0. The fourth-order valence-electron chi connectivity index (χ4n) is 4.39. The van der Waals surface area contributed by atoms with Crippen LogP contribution in [0.5, 0.6) is 5.75 Å². The number of aliphatic carboxylic acids is 1. The van der Waals surface area contributed by atoms with Gasteiger partial charge in [-0.1, -0.05) is 78.9 Å². The fraction of sp³-hybridized carbons (Fsp3) is 0.0882. The second-order valence-electron chi connectivity index (χ2n) is 9.27. The van der Waals surface area contributed by atoms with Crippen molar-refractivity contribution in [3.8, 4) is 5.75 Å². The molecular formula is C34H28N2O4. The number of nitrogens with one attached hydrogen (secondary N) is 1. The largest absolute Gasteiger partial charge is 0.490 e. The van der Waals surface area contributed by atoms with Gasteiger partial charge < -0.3 is 15.2 Å². The second kappa shape index (κ2) is 12.5. The van der Waals surface area contributed by atoms with Gasteiger partial charge in [-0.25, -0.2) is 9.78 Å². The van der Waals surface area contributed by atoms with Crippen molar-refractivity contribution in [1.82, 2.24) is 4.98 Å². The van der Waals surface area contributed by atoms with Crippen LogP contribution in [0.2, 0.25) is 0 Å². The Hall–Kier alpha value is -5.23. The number of fused-ring (bicyclic) bond motifs is 1. The Morgan fingerprint density at radius 2 is 1.55 bits per heavy atom. The van der Waals surface area contributed by atoms with Crippen molar-refractivity contribution in [2.24, 2.45) is 0 Å². The number of para-hydroxylation sites is 2. The SMILES string of the molecule is O=C(c1ccccc1)c1ccccc1NC(Cc1ccc(OCC=Cc2ccc3ccccc3n2)cc1)C(=O)O. The van der Waals surface area contributed by atoms with E-state index >= 15 is 0 Å². The van der Waals surface area contributed by atoms with E-state index in [0.29, 0.717) is 29.2 Å². The molecule has 1 unspecified atom stereocenters. The summed E-state index contributed by atoms with van der Waals surface area (Å²) in [5, 5.41) is 14.1. The maximum Gasteiger partial charge on any atom is 0.326 e. The molecule has 0 saturated carbocycles. The minimum Gasteiger partial charge on any atom is -0.490 e. The molecule has 198 valence electrons. The zero-order chi connectivity index (χ0) is 27.7. The molecule has 1 atom stereocenters. The molecule has 6 nitrogen and oxygen atoms in total. The summed E-state index contributed by atoms with van der Waals surface area (Å²) in [5.74, 6) is -0.493. The van der Waals surface area contributed by atoms with Crippen molar-refractivity contribution in [2.75, 3.05) is 11.9 Å². The number of ether oxygens (including phenoxy) is 1. The molecular weight excluding hydrogens is 500 g/mol. The van der Waals surface area contributed by atoms with Gasteiger partial charge in [0.25, 0.3) is 0 Å². The molecule has 0 fully saturated rings. The number of carbonyl (C=O) groups excluding carboxylic acids is 1. The number of anilines is 1. The smallest absolute Gasteiger partial charge is 0.326 e. The van der Waals surface area contributed by atoms with Crippen LogP contribution in [0.15, 0.2) is 121 Å². The van der Waals surface area contributed by atoms with Gasteiger partial charge in [0.2, 0.25) is 0 Å². The molecule has 40 heavy (non-hydrogen) atoms. The summed E-state index contributed by atoms with van der Waals surface area (Å²) in [6.07, 6.45) is 4.06. The monoisotopic (exact) mass is 528 g/mol. The molecule has 0 spiro atoms. The third kappa shape index (κ3) is 6.60. The van der Waals surface area contributed by atoms with Crippen molar-refractivity contribution in [3.05, 3.63) is 144 Å². The van der Waals surface area contributed by atoms with E-state index in [-0.39, 0.29) is 12.2 Å². The van der Waals surface area contributed by atoms with E-state index in [1.54, 1.807) is 48.5 Å². The highest BCUT2D eigenvalue weighted by molar-refractivity contribution is 6.12. The highest BCUT2D eigenvalue weighted by atomic mass is 16.5. The molecule has 0 bridgehead atoms. The summed E-state index contributed by atoms with van der Waals surface area (Å²) in [4.78, 5) is 29.8. The average molecular weight is 529 g/mol. The highest BCUT2D eigenvalue weighted by Gasteiger charge is 2.21. The van der Waals surface area contributed by atoms with Crippen molar-refractivity contribution in [2.45, 2.75) is 12.5 Å². The predicted octanol–water partition coefficient (Wildman–Crippen LogP) is 6.67. The number of hydrogen-bond donors (Lipinski definition) is 2. The molecule has 0 aliphatic carbocycles. The number of ketones is 1. The van der Waals surface area contributed by atoms with Gasteiger partial charge in [-0.2, -0.15) is 0 Å². The third-order valence-corrected chi connectivity index (χ3v) is 6.45. The van der Waals surface area contributed by atoms with E-state index in [2.05, 4.69) is 10.3 Å². The van der Waals surface area contributed by atoms with Crippen molar-refractivity contribution < 1.29 is 19.4 Å². The van der Waals surface area contributed by atoms with E-state index in [9.17, 15) is 14.7 Å². The number of nitrogens with zero attached hydrogens (tertiary/aromatic N) is 1. The Bertz CT molecular complexity index is 1650. The molecule has 5 rings (SSSR count). The van der Waals surface area contributed by atoms with Gasteiger partial charge in [0.1, 0.15) is 18.4 Å². The average Bonchev–Trinajstić information content (AvgIpc) is 3.00. The van der Waals surface area contributed by atoms with Crippen LogP contribution in [0.1, 0.15) is 27.2 Å². The molecule has 0 radical (unpaired) electrons. The fourth-order valence-corrected chi connectivity index (χ4v) is 4.39. The lowest BCUT2D eigenvalue weighted by Gasteiger charge is -2.18. The zero-order valence-electron chi connectivity index (χ0n) is 21.7. The number of carboxylic acids is 1. The Labute approximate surface area is 232 Å². The summed E-state index contributed by atoms with van der Waals surface area (Å²) < 4.78 is 5.82. The van der Waals surface area contributed by atoms with Gasteiger partial charge in [0.05, 0.1) is 11.2 Å². The molecule has 1 heterocycles.